The number of hydroxylamine groups is 1. The van der Waals surface area contributed by atoms with E-state index < -0.39 is 0 Å². The zero-order valence-corrected chi connectivity index (χ0v) is 21.0. The van der Waals surface area contributed by atoms with Gasteiger partial charge in [0.2, 0.25) is 0 Å². The average Bonchev–Trinajstić information content (AvgIpc) is 3.20. The molecule has 2 saturated carbocycles. The Kier molecular flexibility index (Phi) is 7.57. The molecule has 0 aromatic rings. The lowest BCUT2D eigenvalue weighted by molar-refractivity contribution is -0.123. The lowest BCUT2D eigenvalue weighted by Gasteiger charge is -2.46. The van der Waals surface area contributed by atoms with Crippen LogP contribution in [-0.2, 0) is 14.4 Å². The number of amides is 1. The third-order valence-electron chi connectivity index (χ3n) is 9.38. The topological polar surface area (TPSA) is 79.5 Å². The summed E-state index contributed by atoms with van der Waals surface area (Å²) < 4.78 is 0. The van der Waals surface area contributed by atoms with Crippen molar-refractivity contribution in [2.45, 2.75) is 96.2 Å². The summed E-state index contributed by atoms with van der Waals surface area (Å²) in [6.07, 6.45) is 15.4. The van der Waals surface area contributed by atoms with Crippen molar-refractivity contribution >= 4 is 11.7 Å². The summed E-state index contributed by atoms with van der Waals surface area (Å²) in [5.74, 6) is 1.81. The van der Waals surface area contributed by atoms with Crippen LogP contribution in [0.15, 0.2) is 23.3 Å². The first kappa shape index (κ1) is 24.2. The molecule has 5 aliphatic rings. The molecule has 34 heavy (non-hydrogen) atoms. The molecule has 3 N–H and O–H groups in total. The van der Waals surface area contributed by atoms with Gasteiger partial charge in [-0.25, -0.2) is 0 Å². The molecule has 3 heterocycles. The molecule has 6 heteroatoms. The van der Waals surface area contributed by atoms with Gasteiger partial charge in [-0.05, 0) is 94.7 Å². The van der Waals surface area contributed by atoms with Crippen LogP contribution in [0.5, 0.6) is 0 Å². The summed E-state index contributed by atoms with van der Waals surface area (Å²) in [5, 5.41) is 6.81. The molecule has 4 fully saturated rings. The fraction of sp³-hybridized carbons (Fsp3) is 0.786. The molecule has 0 bridgehead atoms. The Morgan fingerprint density at radius 1 is 1.03 bits per heavy atom. The summed E-state index contributed by atoms with van der Waals surface area (Å²) in [6, 6.07) is 0.485. The van der Waals surface area contributed by atoms with Gasteiger partial charge in [0.25, 0.3) is 5.91 Å². The molecular formula is C28H43N3O3. The Balaban J connectivity index is 1.45. The third-order valence-corrected chi connectivity index (χ3v) is 9.38. The quantitative estimate of drug-likeness (QED) is 0.421. The van der Waals surface area contributed by atoms with Crippen molar-refractivity contribution in [2.75, 3.05) is 13.1 Å². The van der Waals surface area contributed by atoms with Crippen LogP contribution in [-0.4, -0.2) is 43.0 Å². The number of carbonyl (C=O) groups is 2. The predicted molar refractivity (Wildman–Crippen MR) is 133 cm³/mol. The van der Waals surface area contributed by atoms with Gasteiger partial charge in [0, 0.05) is 30.5 Å². The molecule has 188 valence electrons. The molecule has 0 radical (unpaired) electrons. The van der Waals surface area contributed by atoms with Crippen molar-refractivity contribution in [3.63, 3.8) is 0 Å². The first-order valence-electron chi connectivity index (χ1n) is 13.9. The minimum Gasteiger partial charge on any atom is -0.349 e. The van der Waals surface area contributed by atoms with E-state index in [1.54, 1.807) is 6.08 Å². The van der Waals surface area contributed by atoms with Crippen molar-refractivity contribution in [3.8, 4) is 0 Å². The second-order valence-electron chi connectivity index (χ2n) is 11.6. The maximum Gasteiger partial charge on any atom is 0.255 e. The molecule has 7 unspecified atom stereocenters. The van der Waals surface area contributed by atoms with E-state index in [1.165, 1.54) is 19.3 Å². The van der Waals surface area contributed by atoms with Crippen LogP contribution in [0.3, 0.4) is 0 Å². The van der Waals surface area contributed by atoms with Crippen LogP contribution in [0.4, 0.5) is 0 Å². The number of fused-ring (bicyclic) bond motifs is 1. The van der Waals surface area contributed by atoms with E-state index in [1.807, 2.05) is 0 Å². The lowest BCUT2D eigenvalue weighted by Crippen LogP contribution is -2.53. The van der Waals surface area contributed by atoms with Crippen LogP contribution in [0.25, 0.3) is 0 Å². The first-order valence-corrected chi connectivity index (χ1v) is 13.9. The molecule has 0 aromatic carbocycles. The molecule has 2 aliphatic carbocycles. The van der Waals surface area contributed by atoms with Gasteiger partial charge >= 0.3 is 0 Å². The van der Waals surface area contributed by atoms with Gasteiger partial charge in [-0.2, -0.15) is 5.48 Å². The highest BCUT2D eigenvalue weighted by atomic mass is 16.7. The monoisotopic (exact) mass is 469 g/mol. The number of carbonyl (C=O) groups excluding carboxylic acids is 2. The molecule has 3 aliphatic heterocycles. The number of allylic oxidation sites excluding steroid dienone is 2. The Morgan fingerprint density at radius 3 is 2.56 bits per heavy atom. The van der Waals surface area contributed by atoms with Crippen LogP contribution in [0, 0.1) is 29.6 Å². The zero-order valence-electron chi connectivity index (χ0n) is 21.0. The standard InChI is InChI=1S/C28H43N3O3/c1-17-25(18(2)34-31-17)20-11-12-23-22(15-20)26(21-9-6-14-29-16-21)27(28(33)30-23)24(32)13-10-19-7-4-3-5-8-19/h10,13,17-23,25,29,31H,3-9,11-12,14-16H2,1-2H3,(H,30,33)/b13-10+. The van der Waals surface area contributed by atoms with Crippen molar-refractivity contribution < 1.29 is 14.4 Å². The Morgan fingerprint density at radius 2 is 1.85 bits per heavy atom. The van der Waals surface area contributed by atoms with Gasteiger partial charge in [-0.3, -0.25) is 14.4 Å². The van der Waals surface area contributed by atoms with Gasteiger partial charge in [-0.15, -0.1) is 0 Å². The van der Waals surface area contributed by atoms with Crippen molar-refractivity contribution in [1.82, 2.24) is 16.1 Å². The van der Waals surface area contributed by atoms with Crippen molar-refractivity contribution in [3.05, 3.63) is 23.3 Å². The highest BCUT2D eigenvalue weighted by Gasteiger charge is 2.47. The number of ketones is 1. The lowest BCUT2D eigenvalue weighted by atomic mass is 9.63. The Hall–Kier alpha value is -1.50. The number of nitrogens with one attached hydrogen (secondary N) is 3. The molecule has 6 nitrogen and oxygen atoms in total. The summed E-state index contributed by atoms with van der Waals surface area (Å²) in [6.45, 7) is 6.29. The first-order chi connectivity index (χ1) is 16.5. The van der Waals surface area contributed by atoms with Gasteiger partial charge in [0.05, 0.1) is 11.7 Å². The van der Waals surface area contributed by atoms with E-state index >= 15 is 0 Å². The number of rotatable bonds is 5. The summed E-state index contributed by atoms with van der Waals surface area (Å²) in [4.78, 5) is 32.7. The molecule has 2 saturated heterocycles. The SMILES string of the molecule is CC1NOC(C)C1C1CCC2NC(=O)C(C(=O)/C=C/C3CCCCC3)=C(C3CCCNC3)C2C1. The Bertz CT molecular complexity index is 815. The van der Waals surface area contributed by atoms with Gasteiger partial charge < -0.3 is 10.6 Å². The summed E-state index contributed by atoms with van der Waals surface area (Å²) >= 11 is 0. The third kappa shape index (κ3) is 4.91. The largest absolute Gasteiger partial charge is 0.349 e. The van der Waals surface area contributed by atoms with Crippen LogP contribution < -0.4 is 16.1 Å². The van der Waals surface area contributed by atoms with Gasteiger partial charge in [0.1, 0.15) is 0 Å². The maximum absolute atomic E-state index is 13.6. The minimum absolute atomic E-state index is 0.0724. The van der Waals surface area contributed by atoms with E-state index in [9.17, 15) is 9.59 Å². The average molecular weight is 470 g/mol. The summed E-state index contributed by atoms with van der Waals surface area (Å²) in [5.41, 5.74) is 4.82. The van der Waals surface area contributed by atoms with Gasteiger partial charge in [-0.1, -0.05) is 25.3 Å². The molecule has 1 amide bonds. The molecule has 0 aromatic heterocycles. The minimum atomic E-state index is -0.133. The normalized spacial score (nSPS) is 39.8. The molecule has 7 atom stereocenters. The number of hydrogen-bond donors (Lipinski definition) is 3. The van der Waals surface area contributed by atoms with Crippen LogP contribution in [0.1, 0.15) is 78.1 Å². The second kappa shape index (κ2) is 10.6. The van der Waals surface area contributed by atoms with Crippen LogP contribution in [0.2, 0.25) is 0 Å². The van der Waals surface area contributed by atoms with Crippen LogP contribution >= 0.6 is 0 Å². The second-order valence-corrected chi connectivity index (χ2v) is 11.6. The fourth-order valence-electron chi connectivity index (χ4n) is 7.71. The van der Waals surface area contributed by atoms with E-state index in [-0.39, 0.29) is 35.7 Å². The zero-order chi connectivity index (χ0) is 23.7. The molecule has 5 rings (SSSR count). The van der Waals surface area contributed by atoms with E-state index in [0.717, 1.165) is 63.6 Å². The molecular weight excluding hydrogens is 426 g/mol. The highest BCUT2D eigenvalue weighted by molar-refractivity contribution is 6.24. The molecule has 0 spiro atoms. The van der Waals surface area contributed by atoms with Crippen molar-refractivity contribution in [2.24, 2.45) is 29.6 Å². The van der Waals surface area contributed by atoms with E-state index in [0.29, 0.717) is 29.4 Å². The van der Waals surface area contributed by atoms with E-state index in [2.05, 4.69) is 36.0 Å². The number of piperidine rings is 1. The van der Waals surface area contributed by atoms with Gasteiger partial charge in [0.15, 0.2) is 5.78 Å². The predicted octanol–water partition coefficient (Wildman–Crippen LogP) is 3.83. The number of hydrogen-bond acceptors (Lipinski definition) is 5. The summed E-state index contributed by atoms with van der Waals surface area (Å²) in [7, 11) is 0. The maximum atomic E-state index is 13.6. The van der Waals surface area contributed by atoms with E-state index in [4.69, 9.17) is 4.84 Å². The Labute approximate surface area is 204 Å². The van der Waals surface area contributed by atoms with Crippen molar-refractivity contribution in [1.29, 1.82) is 0 Å². The fourth-order valence-corrected chi connectivity index (χ4v) is 7.71. The highest BCUT2D eigenvalue weighted by Crippen LogP contribution is 2.46. The smallest absolute Gasteiger partial charge is 0.255 e.